The van der Waals surface area contributed by atoms with Gasteiger partial charge in [-0.3, -0.25) is 0 Å². The van der Waals surface area contributed by atoms with Crippen LogP contribution in [0, 0.1) is 0 Å². The summed E-state index contributed by atoms with van der Waals surface area (Å²) in [6, 6.07) is 61.6. The van der Waals surface area contributed by atoms with Crippen molar-refractivity contribution >= 4 is 43.8 Å². The first-order valence-corrected chi connectivity index (χ1v) is 18.6. The van der Waals surface area contributed by atoms with Crippen LogP contribution in [0.5, 0.6) is 0 Å². The van der Waals surface area contributed by atoms with Crippen LogP contribution in [0.4, 0.5) is 0 Å². The lowest BCUT2D eigenvalue weighted by Crippen LogP contribution is -2.01. The lowest BCUT2D eigenvalue weighted by molar-refractivity contribution is 0.620. The quantitative estimate of drug-likeness (QED) is 0.170. The van der Waals surface area contributed by atoms with Crippen molar-refractivity contribution in [1.82, 2.24) is 19.9 Å². The molecule has 6 nitrogen and oxygen atoms in total. The summed E-state index contributed by atoms with van der Waals surface area (Å²) in [7, 11) is 0. The maximum atomic E-state index is 6.74. The van der Waals surface area contributed by atoms with E-state index in [0.29, 0.717) is 28.9 Å². The summed E-state index contributed by atoms with van der Waals surface area (Å²) in [5.41, 5.74) is 10.4. The van der Waals surface area contributed by atoms with Gasteiger partial charge >= 0.3 is 0 Å². The number of fused-ring (bicyclic) bond motifs is 5. The van der Waals surface area contributed by atoms with E-state index in [1.54, 1.807) is 0 Å². The first-order chi connectivity index (χ1) is 27.7. The Labute approximate surface area is 321 Å². The second-order valence-corrected chi connectivity index (χ2v) is 13.8. The molecule has 0 saturated heterocycles. The van der Waals surface area contributed by atoms with E-state index in [-0.39, 0.29) is 0 Å². The minimum Gasteiger partial charge on any atom is -0.455 e. The molecule has 0 saturated carbocycles. The second-order valence-electron chi connectivity index (χ2n) is 13.8. The number of oxazole rings is 1. The molecule has 0 aliphatic carbocycles. The molecule has 0 unspecified atom stereocenters. The van der Waals surface area contributed by atoms with Crippen molar-refractivity contribution in [2.75, 3.05) is 0 Å². The Kier molecular flexibility index (Phi) is 7.38. The van der Waals surface area contributed by atoms with E-state index in [2.05, 4.69) is 72.8 Å². The Morgan fingerprint density at radius 1 is 0.339 bits per heavy atom. The van der Waals surface area contributed by atoms with E-state index in [9.17, 15) is 0 Å². The highest BCUT2D eigenvalue weighted by atomic mass is 16.4. The highest BCUT2D eigenvalue weighted by Crippen LogP contribution is 2.45. The van der Waals surface area contributed by atoms with Gasteiger partial charge in [-0.1, -0.05) is 146 Å². The molecular weight excluding hydrogens is 689 g/mol. The third kappa shape index (κ3) is 5.35. The van der Waals surface area contributed by atoms with Gasteiger partial charge < -0.3 is 8.83 Å². The highest BCUT2D eigenvalue weighted by Gasteiger charge is 2.24. The van der Waals surface area contributed by atoms with Gasteiger partial charge in [-0.15, -0.1) is 0 Å². The van der Waals surface area contributed by atoms with Crippen LogP contribution in [-0.4, -0.2) is 19.9 Å². The van der Waals surface area contributed by atoms with Crippen LogP contribution >= 0.6 is 0 Å². The molecule has 11 aromatic rings. The van der Waals surface area contributed by atoms with E-state index < -0.39 is 0 Å². The van der Waals surface area contributed by atoms with E-state index >= 15 is 0 Å². The molecule has 262 valence electrons. The fourth-order valence-corrected chi connectivity index (χ4v) is 7.73. The number of hydrogen-bond acceptors (Lipinski definition) is 6. The van der Waals surface area contributed by atoms with Gasteiger partial charge in [0.05, 0.1) is 5.56 Å². The van der Waals surface area contributed by atoms with Gasteiger partial charge in [0.15, 0.2) is 23.1 Å². The van der Waals surface area contributed by atoms with Crippen molar-refractivity contribution in [2.45, 2.75) is 0 Å². The van der Waals surface area contributed by atoms with E-state index in [0.717, 1.165) is 82.7 Å². The van der Waals surface area contributed by atoms with E-state index in [4.69, 9.17) is 28.8 Å². The summed E-state index contributed by atoms with van der Waals surface area (Å²) < 4.78 is 13.3. The zero-order valence-electron chi connectivity index (χ0n) is 29.9. The number of aromatic nitrogens is 4. The standard InChI is InChI=1S/C50H30N4O2/c1-4-16-31(17-5-1)36-23-12-13-26-39(36)49-53-47(32-18-6-2-7-19-32)52-48(54-49)35-28-34-22-10-11-24-37(34)40(29-35)44-45-43(56-50(51-45)33-20-8-3-9-21-33)30-41-38-25-14-15-27-42(38)55-46(41)44/h1-30H. The molecule has 3 aromatic heterocycles. The summed E-state index contributed by atoms with van der Waals surface area (Å²) in [6.45, 7) is 0. The predicted octanol–water partition coefficient (Wildman–Crippen LogP) is 13.1. The number of furan rings is 1. The molecule has 6 heteroatoms. The third-order valence-electron chi connectivity index (χ3n) is 10.4. The smallest absolute Gasteiger partial charge is 0.227 e. The maximum Gasteiger partial charge on any atom is 0.227 e. The second kappa shape index (κ2) is 13.0. The zero-order valence-corrected chi connectivity index (χ0v) is 29.9. The summed E-state index contributed by atoms with van der Waals surface area (Å²) in [4.78, 5) is 20.7. The van der Waals surface area contributed by atoms with Gasteiger partial charge in [-0.2, -0.15) is 0 Å². The molecule has 11 rings (SSSR count). The molecule has 56 heavy (non-hydrogen) atoms. The lowest BCUT2D eigenvalue weighted by Gasteiger charge is -2.14. The first-order valence-electron chi connectivity index (χ1n) is 18.6. The number of hydrogen-bond donors (Lipinski definition) is 0. The molecule has 0 bridgehead atoms. The van der Waals surface area contributed by atoms with Crippen molar-refractivity contribution in [1.29, 1.82) is 0 Å². The molecule has 3 heterocycles. The molecule has 0 amide bonds. The molecule has 0 aliphatic heterocycles. The van der Waals surface area contributed by atoms with Crippen molar-refractivity contribution in [3.05, 3.63) is 182 Å². The summed E-state index contributed by atoms with van der Waals surface area (Å²) >= 11 is 0. The van der Waals surface area contributed by atoms with Crippen LogP contribution in [-0.2, 0) is 0 Å². The molecule has 0 spiro atoms. The molecular formula is C50H30N4O2. The fourth-order valence-electron chi connectivity index (χ4n) is 7.73. The van der Waals surface area contributed by atoms with Crippen LogP contribution in [0.3, 0.4) is 0 Å². The molecule has 0 radical (unpaired) electrons. The lowest BCUT2D eigenvalue weighted by atomic mass is 9.93. The van der Waals surface area contributed by atoms with Gasteiger partial charge in [0.25, 0.3) is 0 Å². The average Bonchev–Trinajstić information content (AvgIpc) is 3.87. The fraction of sp³-hybridized carbons (Fsp3) is 0. The van der Waals surface area contributed by atoms with Gasteiger partial charge in [-0.25, -0.2) is 19.9 Å². The van der Waals surface area contributed by atoms with Gasteiger partial charge in [-0.05, 0) is 63.9 Å². The Morgan fingerprint density at radius 3 is 1.70 bits per heavy atom. The minimum absolute atomic E-state index is 0.547. The number of para-hydroxylation sites is 1. The van der Waals surface area contributed by atoms with Crippen LogP contribution in [0.2, 0.25) is 0 Å². The zero-order chi connectivity index (χ0) is 37.0. The number of rotatable bonds is 6. The van der Waals surface area contributed by atoms with Gasteiger partial charge in [0, 0.05) is 33.0 Å². The average molecular weight is 719 g/mol. The van der Waals surface area contributed by atoms with E-state index in [1.165, 1.54) is 0 Å². The highest BCUT2D eigenvalue weighted by molar-refractivity contribution is 6.19. The Morgan fingerprint density at radius 2 is 0.929 bits per heavy atom. The van der Waals surface area contributed by atoms with Crippen molar-refractivity contribution in [2.24, 2.45) is 0 Å². The predicted molar refractivity (Wildman–Crippen MR) is 225 cm³/mol. The van der Waals surface area contributed by atoms with Gasteiger partial charge in [0.2, 0.25) is 5.89 Å². The van der Waals surface area contributed by atoms with Crippen LogP contribution < -0.4 is 0 Å². The number of nitrogens with zero attached hydrogens (tertiary/aromatic N) is 4. The Bertz CT molecular complexity index is 3240. The first kappa shape index (κ1) is 31.8. The summed E-state index contributed by atoms with van der Waals surface area (Å²) in [5, 5.41) is 4.04. The molecule has 0 fully saturated rings. The van der Waals surface area contributed by atoms with Gasteiger partial charge in [0.1, 0.15) is 16.7 Å². The Hall–Kier alpha value is -7.70. The van der Waals surface area contributed by atoms with Crippen molar-refractivity contribution < 1.29 is 8.83 Å². The normalized spacial score (nSPS) is 11.6. The van der Waals surface area contributed by atoms with Crippen LogP contribution in [0.15, 0.2) is 191 Å². The third-order valence-corrected chi connectivity index (χ3v) is 10.4. The Balaban J connectivity index is 1.20. The molecule has 0 N–H and O–H groups in total. The van der Waals surface area contributed by atoms with Crippen LogP contribution in [0.25, 0.3) is 112 Å². The molecule has 0 atom stereocenters. The molecule has 0 aliphatic rings. The summed E-state index contributed by atoms with van der Waals surface area (Å²) in [5.74, 6) is 2.29. The topological polar surface area (TPSA) is 77.8 Å². The van der Waals surface area contributed by atoms with E-state index in [1.807, 2.05) is 109 Å². The largest absolute Gasteiger partial charge is 0.455 e. The maximum absolute atomic E-state index is 6.74. The van der Waals surface area contributed by atoms with Crippen molar-refractivity contribution in [3.63, 3.8) is 0 Å². The van der Waals surface area contributed by atoms with Crippen molar-refractivity contribution in [3.8, 4) is 67.9 Å². The number of benzene rings is 8. The molecule has 8 aromatic carbocycles. The SMILES string of the molecule is c1ccc(-c2nc(-c3cc(-c4c5nc(-c6ccccc6)oc5cc5c4oc4ccccc45)c4ccccc4c3)nc(-c3ccccc3-c3ccccc3)n2)cc1. The minimum atomic E-state index is 0.547. The van der Waals surface area contributed by atoms with Crippen LogP contribution in [0.1, 0.15) is 0 Å². The monoisotopic (exact) mass is 718 g/mol. The summed E-state index contributed by atoms with van der Waals surface area (Å²) in [6.07, 6.45) is 0.